The Bertz CT molecular complexity index is 1880. The fourth-order valence-corrected chi connectivity index (χ4v) is 4.96. The standard InChI is InChI=1S/C34H24N6/c1-21-12-14-27-25(18-21)31(39-33(37-27)29-10-3-5-16-35-29)23-8-7-9-24(20-23)32-26-19-22(2)13-15-28(26)38-34(40-32)30-11-4-6-17-36-30/h3-20H,1-2H3. The Morgan fingerprint density at radius 2 is 0.950 bits per heavy atom. The Morgan fingerprint density at radius 3 is 1.40 bits per heavy atom. The van der Waals surface area contributed by atoms with Crippen LogP contribution >= 0.6 is 0 Å². The van der Waals surface area contributed by atoms with Gasteiger partial charge in [-0.25, -0.2) is 19.9 Å². The molecule has 0 bridgehead atoms. The van der Waals surface area contributed by atoms with Crippen molar-refractivity contribution in [3.05, 3.63) is 121 Å². The molecule has 40 heavy (non-hydrogen) atoms. The highest BCUT2D eigenvalue weighted by atomic mass is 14.9. The molecule has 7 rings (SSSR count). The molecule has 0 amide bonds. The van der Waals surface area contributed by atoms with Gasteiger partial charge in [0.05, 0.1) is 22.4 Å². The third kappa shape index (κ3) is 4.35. The average Bonchev–Trinajstić information content (AvgIpc) is 3.01. The Balaban J connectivity index is 1.46. The van der Waals surface area contributed by atoms with Gasteiger partial charge in [0.15, 0.2) is 11.6 Å². The topological polar surface area (TPSA) is 77.3 Å². The van der Waals surface area contributed by atoms with Crippen LogP contribution in [0.15, 0.2) is 109 Å². The van der Waals surface area contributed by atoms with Gasteiger partial charge in [-0.1, -0.05) is 53.6 Å². The molecule has 6 heteroatoms. The Labute approximate surface area is 231 Å². The first-order chi connectivity index (χ1) is 19.6. The summed E-state index contributed by atoms with van der Waals surface area (Å²) < 4.78 is 0. The number of pyridine rings is 2. The highest BCUT2D eigenvalue weighted by Crippen LogP contribution is 2.34. The molecule has 0 aliphatic heterocycles. The first-order valence-corrected chi connectivity index (χ1v) is 13.1. The van der Waals surface area contributed by atoms with Crippen LogP contribution in [0.2, 0.25) is 0 Å². The molecule has 0 N–H and O–H groups in total. The molecule has 7 aromatic rings. The lowest BCUT2D eigenvalue weighted by Gasteiger charge is -2.13. The van der Waals surface area contributed by atoms with E-state index in [0.717, 1.165) is 66.8 Å². The maximum absolute atomic E-state index is 5.04. The summed E-state index contributed by atoms with van der Waals surface area (Å²) >= 11 is 0. The molecule has 0 aliphatic carbocycles. The number of hydrogen-bond donors (Lipinski definition) is 0. The van der Waals surface area contributed by atoms with Gasteiger partial charge in [0.25, 0.3) is 0 Å². The van der Waals surface area contributed by atoms with Gasteiger partial charge in [0.1, 0.15) is 11.4 Å². The third-order valence-electron chi connectivity index (χ3n) is 6.90. The highest BCUT2D eigenvalue weighted by Gasteiger charge is 2.16. The van der Waals surface area contributed by atoms with Crippen LogP contribution < -0.4 is 0 Å². The van der Waals surface area contributed by atoms with E-state index in [4.69, 9.17) is 19.9 Å². The van der Waals surface area contributed by atoms with Crippen LogP contribution in [0.1, 0.15) is 11.1 Å². The van der Waals surface area contributed by atoms with Crippen LogP contribution in [0.4, 0.5) is 0 Å². The number of nitrogens with zero attached hydrogens (tertiary/aromatic N) is 6. The SMILES string of the molecule is Cc1ccc2nc(-c3ccccn3)nc(-c3cccc(-c4nc(-c5ccccn5)nc5ccc(C)cc45)c3)c2c1. The molecular weight excluding hydrogens is 492 g/mol. The summed E-state index contributed by atoms with van der Waals surface area (Å²) in [5, 5.41) is 1.99. The van der Waals surface area contributed by atoms with Crippen molar-refractivity contribution in [2.45, 2.75) is 13.8 Å². The molecule has 6 nitrogen and oxygen atoms in total. The molecule has 3 aromatic carbocycles. The third-order valence-corrected chi connectivity index (χ3v) is 6.90. The van der Waals surface area contributed by atoms with Crippen LogP contribution in [-0.2, 0) is 0 Å². The minimum atomic E-state index is 0.595. The second-order valence-electron chi connectivity index (χ2n) is 9.84. The van der Waals surface area contributed by atoms with E-state index in [0.29, 0.717) is 11.6 Å². The summed E-state index contributed by atoms with van der Waals surface area (Å²) in [5.41, 5.74) is 9.20. The summed E-state index contributed by atoms with van der Waals surface area (Å²) in [6, 6.07) is 32.5. The molecule has 4 heterocycles. The lowest BCUT2D eigenvalue weighted by Crippen LogP contribution is -1.98. The minimum absolute atomic E-state index is 0.595. The molecule has 0 saturated carbocycles. The van der Waals surface area contributed by atoms with Crippen LogP contribution in [0, 0.1) is 13.8 Å². The van der Waals surface area contributed by atoms with Gasteiger partial charge in [-0.3, -0.25) is 9.97 Å². The van der Waals surface area contributed by atoms with Crippen LogP contribution in [-0.4, -0.2) is 29.9 Å². The number of hydrogen-bond acceptors (Lipinski definition) is 6. The molecule has 4 aromatic heterocycles. The van der Waals surface area contributed by atoms with Gasteiger partial charge < -0.3 is 0 Å². The van der Waals surface area contributed by atoms with Gasteiger partial charge >= 0.3 is 0 Å². The molecule has 0 aliphatic rings. The lowest BCUT2D eigenvalue weighted by molar-refractivity contribution is 1.17. The molecule has 0 atom stereocenters. The Kier molecular flexibility index (Phi) is 5.78. The van der Waals surface area contributed by atoms with E-state index in [-0.39, 0.29) is 0 Å². The highest BCUT2D eigenvalue weighted by molar-refractivity contribution is 5.97. The largest absolute Gasteiger partial charge is 0.253 e. The van der Waals surface area contributed by atoms with Gasteiger partial charge in [-0.2, -0.15) is 0 Å². The van der Waals surface area contributed by atoms with Crippen molar-refractivity contribution >= 4 is 21.8 Å². The maximum atomic E-state index is 5.04. The molecule has 0 saturated heterocycles. The number of rotatable bonds is 4. The first-order valence-electron chi connectivity index (χ1n) is 13.1. The van der Waals surface area contributed by atoms with E-state index < -0.39 is 0 Å². The van der Waals surface area contributed by atoms with Crippen molar-refractivity contribution in [1.82, 2.24) is 29.9 Å². The summed E-state index contributed by atoms with van der Waals surface area (Å²) in [6.07, 6.45) is 3.53. The fraction of sp³-hybridized carbons (Fsp3) is 0.0588. The summed E-state index contributed by atoms with van der Waals surface area (Å²) in [4.78, 5) is 28.8. The Hall–Kier alpha value is -5.36. The van der Waals surface area contributed by atoms with Crippen molar-refractivity contribution in [3.63, 3.8) is 0 Å². The average molecular weight is 517 g/mol. The molecule has 0 radical (unpaired) electrons. The monoisotopic (exact) mass is 516 g/mol. The zero-order chi connectivity index (χ0) is 27.1. The van der Waals surface area contributed by atoms with Gasteiger partial charge in [0, 0.05) is 34.3 Å². The maximum Gasteiger partial charge on any atom is 0.179 e. The van der Waals surface area contributed by atoms with E-state index in [9.17, 15) is 0 Å². The molecule has 0 fully saturated rings. The summed E-state index contributed by atoms with van der Waals surface area (Å²) in [5.74, 6) is 1.19. The summed E-state index contributed by atoms with van der Waals surface area (Å²) in [7, 11) is 0. The van der Waals surface area contributed by atoms with Crippen LogP contribution in [0.5, 0.6) is 0 Å². The van der Waals surface area contributed by atoms with E-state index >= 15 is 0 Å². The number of benzene rings is 3. The number of fused-ring (bicyclic) bond motifs is 2. The van der Waals surface area contributed by atoms with E-state index in [1.54, 1.807) is 12.4 Å². The molecular formula is C34H24N6. The molecule has 190 valence electrons. The first kappa shape index (κ1) is 23.7. The zero-order valence-electron chi connectivity index (χ0n) is 22.1. The zero-order valence-corrected chi connectivity index (χ0v) is 22.1. The smallest absolute Gasteiger partial charge is 0.179 e. The lowest BCUT2D eigenvalue weighted by atomic mass is 9.99. The number of aromatic nitrogens is 6. The van der Waals surface area contributed by atoms with Gasteiger partial charge in [0.2, 0.25) is 0 Å². The van der Waals surface area contributed by atoms with Crippen molar-refractivity contribution in [2.75, 3.05) is 0 Å². The van der Waals surface area contributed by atoms with Crippen molar-refractivity contribution in [3.8, 4) is 45.6 Å². The second-order valence-corrected chi connectivity index (χ2v) is 9.84. The van der Waals surface area contributed by atoms with Crippen molar-refractivity contribution < 1.29 is 0 Å². The molecule has 0 spiro atoms. The fourth-order valence-electron chi connectivity index (χ4n) is 4.96. The van der Waals surface area contributed by atoms with E-state index in [2.05, 4.69) is 72.3 Å². The van der Waals surface area contributed by atoms with Crippen molar-refractivity contribution in [1.29, 1.82) is 0 Å². The van der Waals surface area contributed by atoms with E-state index in [1.165, 1.54) is 0 Å². The summed E-state index contributed by atoms with van der Waals surface area (Å²) in [6.45, 7) is 4.17. The van der Waals surface area contributed by atoms with Crippen molar-refractivity contribution in [2.24, 2.45) is 0 Å². The number of aryl methyl sites for hydroxylation is 2. The predicted molar refractivity (Wildman–Crippen MR) is 159 cm³/mol. The van der Waals surface area contributed by atoms with E-state index in [1.807, 2.05) is 48.5 Å². The quantitative estimate of drug-likeness (QED) is 0.239. The second kappa shape index (κ2) is 9.75. The van der Waals surface area contributed by atoms with Gasteiger partial charge in [-0.15, -0.1) is 0 Å². The minimum Gasteiger partial charge on any atom is -0.253 e. The normalized spacial score (nSPS) is 11.2. The Morgan fingerprint density at radius 1 is 0.450 bits per heavy atom. The predicted octanol–water partition coefficient (Wildman–Crippen LogP) is 7.65. The van der Waals surface area contributed by atoms with Crippen LogP contribution in [0.3, 0.4) is 0 Å². The molecule has 0 unspecified atom stereocenters. The van der Waals surface area contributed by atoms with Gasteiger partial charge in [-0.05, 0) is 68.4 Å². The van der Waals surface area contributed by atoms with Crippen LogP contribution in [0.25, 0.3) is 67.4 Å².